The van der Waals surface area contributed by atoms with E-state index in [2.05, 4.69) is 0 Å². The zero-order chi connectivity index (χ0) is 17.4. The number of hydrogen-bond acceptors (Lipinski definition) is 5. The predicted molar refractivity (Wildman–Crippen MR) is 89.5 cm³/mol. The second-order valence-electron chi connectivity index (χ2n) is 4.91. The molecule has 0 unspecified atom stereocenters. The smallest absolute Gasteiger partial charge is 0.271 e. The minimum Gasteiger partial charge on any atom is -0.494 e. The van der Waals surface area contributed by atoms with E-state index in [9.17, 15) is 10.1 Å². The molecule has 6 nitrogen and oxygen atoms in total. The summed E-state index contributed by atoms with van der Waals surface area (Å²) < 4.78 is 11.1. The molecule has 0 N–H and O–H groups in total. The monoisotopic (exact) mass is 346 g/mol. The van der Waals surface area contributed by atoms with Gasteiger partial charge in [-0.05, 0) is 43.2 Å². The summed E-state index contributed by atoms with van der Waals surface area (Å²) in [7, 11) is 0. The molecule has 0 saturated heterocycles. The summed E-state index contributed by atoms with van der Waals surface area (Å²) in [5.74, 6) is 1.14. The van der Waals surface area contributed by atoms with Crippen LogP contribution in [0, 0.1) is 21.4 Å². The molecule has 0 bridgehead atoms. The van der Waals surface area contributed by atoms with Gasteiger partial charge in [-0.3, -0.25) is 10.1 Å². The summed E-state index contributed by atoms with van der Waals surface area (Å²) in [6.07, 6.45) is 1.54. The van der Waals surface area contributed by atoms with Crippen LogP contribution in [0.4, 0.5) is 5.69 Å². The van der Waals surface area contributed by atoms with Crippen molar-refractivity contribution < 1.29 is 14.4 Å². The number of nitrogens with zero attached hydrogens (tertiary/aromatic N) is 2. The molecule has 0 spiro atoms. The van der Waals surface area contributed by atoms with Gasteiger partial charge in [0.25, 0.3) is 5.69 Å². The molecule has 0 aromatic heterocycles. The molecule has 0 radical (unpaired) electrons. The predicted octanol–water partition coefficient (Wildman–Crippen LogP) is 4.36. The van der Waals surface area contributed by atoms with Gasteiger partial charge in [0.1, 0.15) is 11.5 Å². The lowest BCUT2D eigenvalue weighted by Gasteiger charge is -2.09. The number of nitro groups is 1. The van der Waals surface area contributed by atoms with Gasteiger partial charge in [0.2, 0.25) is 0 Å². The van der Waals surface area contributed by atoms with Crippen molar-refractivity contribution >= 4 is 17.3 Å². The molecule has 0 aliphatic carbocycles. The lowest BCUT2D eigenvalue weighted by Crippen LogP contribution is -2.03. The highest BCUT2D eigenvalue weighted by Gasteiger charge is 2.10. The van der Waals surface area contributed by atoms with Crippen LogP contribution in [0.1, 0.15) is 18.4 Å². The first-order chi connectivity index (χ1) is 11.6. The number of hydrogen-bond donors (Lipinski definition) is 0. The van der Waals surface area contributed by atoms with E-state index in [-0.39, 0.29) is 10.7 Å². The van der Waals surface area contributed by atoms with Crippen LogP contribution in [-0.4, -0.2) is 18.1 Å². The van der Waals surface area contributed by atoms with E-state index in [1.165, 1.54) is 18.2 Å². The van der Waals surface area contributed by atoms with Gasteiger partial charge in [-0.1, -0.05) is 11.6 Å². The molecule has 124 valence electrons. The topological polar surface area (TPSA) is 85.4 Å². The number of nitro benzene ring substituents is 1. The molecule has 0 amide bonds. The fourth-order valence-corrected chi connectivity index (χ4v) is 2.15. The Hall–Kier alpha value is -2.78. The summed E-state index contributed by atoms with van der Waals surface area (Å²) in [4.78, 5) is 10.1. The SMILES string of the molecule is N#Cc1ccc(OCCCCOc2ccc([N+](=O)[O-])cc2Cl)cc1. The maximum Gasteiger partial charge on any atom is 0.271 e. The fraction of sp³-hybridized carbons (Fsp3) is 0.235. The van der Waals surface area contributed by atoms with Crippen molar-refractivity contribution in [1.29, 1.82) is 5.26 Å². The van der Waals surface area contributed by atoms with Crippen molar-refractivity contribution in [2.24, 2.45) is 0 Å². The summed E-state index contributed by atoms with van der Waals surface area (Å²) in [6, 6.07) is 13.1. The Kier molecular flexibility index (Phi) is 6.41. The van der Waals surface area contributed by atoms with Crippen LogP contribution >= 0.6 is 11.6 Å². The minimum atomic E-state index is -0.504. The average molecular weight is 347 g/mol. The Bertz CT molecular complexity index is 741. The average Bonchev–Trinajstić information content (AvgIpc) is 2.59. The van der Waals surface area contributed by atoms with E-state index in [4.69, 9.17) is 26.3 Å². The zero-order valence-corrected chi connectivity index (χ0v) is 13.5. The summed E-state index contributed by atoms with van der Waals surface area (Å²) in [5.41, 5.74) is 0.527. The van der Waals surface area contributed by atoms with Crippen LogP contribution in [0.5, 0.6) is 11.5 Å². The second-order valence-corrected chi connectivity index (χ2v) is 5.32. The van der Waals surface area contributed by atoms with E-state index in [1.807, 2.05) is 6.07 Å². The third kappa shape index (κ3) is 5.14. The highest BCUT2D eigenvalue weighted by atomic mass is 35.5. The Morgan fingerprint density at radius 1 is 1.08 bits per heavy atom. The molecule has 0 saturated carbocycles. The quantitative estimate of drug-likeness (QED) is 0.402. The molecule has 2 rings (SSSR count). The van der Waals surface area contributed by atoms with Crippen LogP contribution in [0.25, 0.3) is 0 Å². The van der Waals surface area contributed by atoms with Gasteiger partial charge in [-0.25, -0.2) is 0 Å². The molecular formula is C17H15ClN2O4. The first kappa shape index (κ1) is 17.6. The Morgan fingerprint density at radius 3 is 2.33 bits per heavy atom. The number of rotatable bonds is 8. The number of unbranched alkanes of at least 4 members (excludes halogenated alkanes) is 1. The lowest BCUT2D eigenvalue weighted by molar-refractivity contribution is -0.384. The van der Waals surface area contributed by atoms with Crippen molar-refractivity contribution in [2.45, 2.75) is 12.8 Å². The van der Waals surface area contributed by atoms with E-state index in [1.54, 1.807) is 24.3 Å². The number of halogens is 1. The van der Waals surface area contributed by atoms with Crippen LogP contribution < -0.4 is 9.47 Å². The van der Waals surface area contributed by atoms with Gasteiger partial charge in [0.15, 0.2) is 0 Å². The molecule has 2 aromatic rings. The summed E-state index contributed by atoms with van der Waals surface area (Å²) in [6.45, 7) is 0.970. The molecule has 2 aromatic carbocycles. The third-order valence-corrected chi connectivity index (χ3v) is 3.47. The first-order valence-electron chi connectivity index (χ1n) is 7.30. The highest BCUT2D eigenvalue weighted by Crippen LogP contribution is 2.28. The van der Waals surface area contributed by atoms with E-state index in [0.29, 0.717) is 30.3 Å². The second kappa shape index (κ2) is 8.75. The number of non-ortho nitro benzene ring substituents is 1. The molecule has 0 aliphatic heterocycles. The number of ether oxygens (including phenoxy) is 2. The molecule has 24 heavy (non-hydrogen) atoms. The van der Waals surface area contributed by atoms with Crippen molar-refractivity contribution in [3.63, 3.8) is 0 Å². The van der Waals surface area contributed by atoms with Gasteiger partial charge in [0, 0.05) is 12.1 Å². The van der Waals surface area contributed by atoms with Crippen molar-refractivity contribution in [3.05, 3.63) is 63.2 Å². The van der Waals surface area contributed by atoms with Crippen LogP contribution in [0.3, 0.4) is 0 Å². The summed E-state index contributed by atoms with van der Waals surface area (Å²) in [5, 5.41) is 19.6. The Labute approximate surface area is 144 Å². The maximum absolute atomic E-state index is 10.6. The van der Waals surface area contributed by atoms with E-state index in [0.717, 1.165) is 12.8 Å². The molecule has 0 atom stereocenters. The van der Waals surface area contributed by atoms with Crippen molar-refractivity contribution in [1.82, 2.24) is 0 Å². The summed E-state index contributed by atoms with van der Waals surface area (Å²) >= 11 is 5.94. The zero-order valence-electron chi connectivity index (χ0n) is 12.8. The molecule has 0 fully saturated rings. The molecule has 7 heteroatoms. The highest BCUT2D eigenvalue weighted by molar-refractivity contribution is 6.32. The lowest BCUT2D eigenvalue weighted by atomic mass is 10.2. The maximum atomic E-state index is 10.6. The number of nitriles is 1. The Morgan fingerprint density at radius 2 is 1.75 bits per heavy atom. The first-order valence-corrected chi connectivity index (χ1v) is 7.67. The fourth-order valence-electron chi connectivity index (χ4n) is 1.92. The minimum absolute atomic E-state index is 0.0665. The molecule has 0 aliphatic rings. The van der Waals surface area contributed by atoms with E-state index < -0.39 is 4.92 Å². The third-order valence-electron chi connectivity index (χ3n) is 3.17. The van der Waals surface area contributed by atoms with Crippen LogP contribution in [0.2, 0.25) is 5.02 Å². The van der Waals surface area contributed by atoms with Gasteiger partial charge in [-0.2, -0.15) is 5.26 Å². The molecular weight excluding hydrogens is 332 g/mol. The van der Waals surface area contributed by atoms with E-state index >= 15 is 0 Å². The van der Waals surface area contributed by atoms with Gasteiger partial charge >= 0.3 is 0 Å². The van der Waals surface area contributed by atoms with Crippen molar-refractivity contribution in [2.75, 3.05) is 13.2 Å². The van der Waals surface area contributed by atoms with Crippen LogP contribution in [0.15, 0.2) is 42.5 Å². The largest absolute Gasteiger partial charge is 0.494 e. The van der Waals surface area contributed by atoms with Gasteiger partial charge in [-0.15, -0.1) is 0 Å². The molecule has 0 heterocycles. The van der Waals surface area contributed by atoms with Gasteiger partial charge < -0.3 is 9.47 Å². The standard InChI is InChI=1S/C17H15ClN2O4/c18-16-11-14(20(21)22)5-8-17(16)24-10-2-1-9-23-15-6-3-13(12-19)4-7-15/h3-8,11H,1-2,9-10H2. The van der Waals surface area contributed by atoms with Crippen LogP contribution in [-0.2, 0) is 0 Å². The van der Waals surface area contributed by atoms with Crippen molar-refractivity contribution in [3.8, 4) is 17.6 Å². The van der Waals surface area contributed by atoms with Gasteiger partial charge in [0.05, 0.1) is 34.8 Å². The number of benzene rings is 2. The Balaban J connectivity index is 1.68. The normalized spacial score (nSPS) is 10.0.